The summed E-state index contributed by atoms with van der Waals surface area (Å²) >= 11 is 5.99. The molecule has 1 saturated heterocycles. The Kier molecular flexibility index (Phi) is 5.92. The van der Waals surface area contributed by atoms with Crippen molar-refractivity contribution < 1.29 is 13.2 Å². The van der Waals surface area contributed by atoms with E-state index >= 15 is 0 Å². The van der Waals surface area contributed by atoms with Crippen LogP contribution < -0.4 is 9.46 Å². The molecule has 0 saturated carbocycles. The van der Waals surface area contributed by atoms with Crippen LogP contribution in [0.3, 0.4) is 0 Å². The van der Waals surface area contributed by atoms with Crippen molar-refractivity contribution in [2.24, 2.45) is 7.05 Å². The number of hydrogen-bond donors (Lipinski definition) is 1. The first-order chi connectivity index (χ1) is 12.4. The molecule has 0 unspecified atom stereocenters. The number of likely N-dealkylation sites (tertiary alicyclic amines) is 1. The van der Waals surface area contributed by atoms with Gasteiger partial charge in [0.05, 0.1) is 13.2 Å². The number of methoxy groups -OCH3 is 1. The van der Waals surface area contributed by atoms with Gasteiger partial charge < -0.3 is 9.30 Å². The molecule has 1 aliphatic heterocycles. The van der Waals surface area contributed by atoms with Gasteiger partial charge in [-0.15, -0.1) is 0 Å². The van der Waals surface area contributed by atoms with Crippen molar-refractivity contribution in [3.05, 3.63) is 47.2 Å². The van der Waals surface area contributed by atoms with Gasteiger partial charge in [-0.25, -0.2) is 13.1 Å². The molecule has 26 heavy (non-hydrogen) atoms. The van der Waals surface area contributed by atoms with Crippen LogP contribution in [-0.2, 0) is 17.1 Å². The third-order valence-corrected chi connectivity index (χ3v) is 6.47. The second kappa shape index (κ2) is 8.00. The average molecular weight is 398 g/mol. The molecule has 8 heteroatoms. The lowest BCUT2D eigenvalue weighted by atomic mass is 10.2. The second-order valence-corrected chi connectivity index (χ2v) is 8.62. The molecule has 0 bridgehead atoms. The molecule has 1 fully saturated rings. The van der Waals surface area contributed by atoms with Crippen molar-refractivity contribution in [2.45, 2.75) is 23.8 Å². The molecule has 0 radical (unpaired) electrons. The number of hydrogen-bond acceptors (Lipinski definition) is 4. The molecular formula is C18H24ClN3O3S. The summed E-state index contributed by atoms with van der Waals surface area (Å²) in [6.07, 6.45) is 4.25. The largest absolute Gasteiger partial charge is 0.495 e. The minimum atomic E-state index is -3.75. The van der Waals surface area contributed by atoms with Crippen LogP contribution in [0.15, 0.2) is 41.4 Å². The minimum absolute atomic E-state index is 0.0162. The number of nitrogens with zero attached hydrogens (tertiary/aromatic N) is 2. The van der Waals surface area contributed by atoms with E-state index in [1.807, 2.05) is 29.9 Å². The SMILES string of the molecule is COc1ccc(Cl)cc1S(=O)(=O)NC[C@@H](c1cccn1C)N1CCCC1. The third-order valence-electron chi connectivity index (χ3n) is 4.79. The second-order valence-electron chi connectivity index (χ2n) is 6.45. The van der Waals surface area contributed by atoms with Crippen LogP contribution in [0.1, 0.15) is 24.6 Å². The molecule has 0 aliphatic carbocycles. The van der Waals surface area contributed by atoms with Crippen molar-refractivity contribution in [1.29, 1.82) is 0 Å². The highest BCUT2D eigenvalue weighted by atomic mass is 35.5. The summed E-state index contributed by atoms with van der Waals surface area (Å²) in [6.45, 7) is 2.23. The van der Waals surface area contributed by atoms with E-state index in [0.717, 1.165) is 31.6 Å². The molecule has 1 aliphatic rings. The molecule has 6 nitrogen and oxygen atoms in total. The Morgan fingerprint density at radius 2 is 2.00 bits per heavy atom. The monoisotopic (exact) mass is 397 g/mol. The smallest absolute Gasteiger partial charge is 0.244 e. The fraction of sp³-hybridized carbons (Fsp3) is 0.444. The summed E-state index contributed by atoms with van der Waals surface area (Å²) in [4.78, 5) is 2.38. The Morgan fingerprint density at radius 3 is 2.62 bits per heavy atom. The number of nitrogens with one attached hydrogen (secondary N) is 1. The van der Waals surface area contributed by atoms with Crippen molar-refractivity contribution in [3.8, 4) is 5.75 Å². The van der Waals surface area contributed by atoms with E-state index in [0.29, 0.717) is 5.02 Å². The van der Waals surface area contributed by atoms with Crippen LogP contribution in [0, 0.1) is 0 Å². The van der Waals surface area contributed by atoms with E-state index in [1.165, 1.54) is 13.2 Å². The molecule has 1 aromatic carbocycles. The molecule has 2 heterocycles. The number of benzene rings is 1. The van der Waals surface area contributed by atoms with Gasteiger partial charge in [-0.1, -0.05) is 11.6 Å². The Bertz CT molecular complexity index is 860. The molecule has 1 aromatic heterocycles. The first-order valence-electron chi connectivity index (χ1n) is 8.61. The van der Waals surface area contributed by atoms with Gasteiger partial charge in [-0.2, -0.15) is 0 Å². The Labute approximate surface area is 159 Å². The van der Waals surface area contributed by atoms with Crippen molar-refractivity contribution in [2.75, 3.05) is 26.7 Å². The maximum absolute atomic E-state index is 12.9. The molecule has 0 spiro atoms. The summed E-state index contributed by atoms with van der Waals surface area (Å²) in [7, 11) is -0.327. The fourth-order valence-corrected chi connectivity index (χ4v) is 4.89. The molecule has 0 amide bonds. The van der Waals surface area contributed by atoms with E-state index in [4.69, 9.17) is 16.3 Å². The highest BCUT2D eigenvalue weighted by molar-refractivity contribution is 7.89. The topological polar surface area (TPSA) is 63.6 Å². The highest BCUT2D eigenvalue weighted by Gasteiger charge is 2.28. The van der Waals surface area contributed by atoms with Gasteiger partial charge in [0.15, 0.2) is 0 Å². The Morgan fingerprint density at radius 1 is 1.27 bits per heavy atom. The van der Waals surface area contributed by atoms with Crippen molar-refractivity contribution in [1.82, 2.24) is 14.2 Å². The van der Waals surface area contributed by atoms with E-state index in [9.17, 15) is 8.42 Å². The number of ether oxygens (including phenoxy) is 1. The summed E-state index contributed by atoms with van der Waals surface area (Å²) in [6, 6.07) is 8.58. The van der Waals surface area contributed by atoms with Crippen LogP contribution >= 0.6 is 11.6 Å². The lowest BCUT2D eigenvalue weighted by molar-refractivity contribution is 0.238. The zero-order valence-corrected chi connectivity index (χ0v) is 16.6. The van der Waals surface area contributed by atoms with Gasteiger partial charge in [0, 0.05) is 30.5 Å². The molecular weight excluding hydrogens is 374 g/mol. The average Bonchev–Trinajstić information content (AvgIpc) is 3.28. The van der Waals surface area contributed by atoms with Gasteiger partial charge in [0.1, 0.15) is 10.6 Å². The zero-order chi connectivity index (χ0) is 18.7. The summed E-state index contributed by atoms with van der Waals surface area (Å²) in [5, 5.41) is 0.352. The first-order valence-corrected chi connectivity index (χ1v) is 10.5. The maximum Gasteiger partial charge on any atom is 0.244 e. The lowest BCUT2D eigenvalue weighted by Crippen LogP contribution is -2.37. The summed E-state index contributed by atoms with van der Waals surface area (Å²) in [5.41, 5.74) is 1.09. The normalized spacial score (nSPS) is 16.7. The standard InChI is InChI=1S/C18H24ClN3O3S/c1-21-9-5-6-15(21)16(22-10-3-4-11-22)13-20-26(23,24)18-12-14(19)7-8-17(18)25-2/h5-9,12,16,20H,3-4,10-11,13H2,1-2H3/t16-/m0/s1. The van der Waals surface area contributed by atoms with Crippen molar-refractivity contribution in [3.63, 3.8) is 0 Å². The van der Waals surface area contributed by atoms with Crippen molar-refractivity contribution >= 4 is 21.6 Å². The van der Waals surface area contributed by atoms with E-state index < -0.39 is 10.0 Å². The van der Waals surface area contributed by atoms with Gasteiger partial charge in [-0.05, 0) is 56.3 Å². The zero-order valence-electron chi connectivity index (χ0n) is 15.0. The predicted octanol–water partition coefficient (Wildman–Crippen LogP) is 2.80. The highest BCUT2D eigenvalue weighted by Crippen LogP contribution is 2.29. The number of halogens is 1. The Balaban J connectivity index is 1.84. The number of rotatable bonds is 7. The van der Waals surface area contributed by atoms with Crippen LogP contribution in [-0.4, -0.2) is 44.6 Å². The quantitative estimate of drug-likeness (QED) is 0.780. The maximum atomic E-state index is 12.9. The summed E-state index contributed by atoms with van der Waals surface area (Å²) < 4.78 is 35.7. The van der Waals surface area contributed by atoms with Crippen LogP contribution in [0.2, 0.25) is 5.02 Å². The molecule has 1 N–H and O–H groups in total. The summed E-state index contributed by atoms with van der Waals surface area (Å²) in [5.74, 6) is 0.276. The van der Waals surface area contributed by atoms with Crippen LogP contribution in [0.25, 0.3) is 0 Å². The van der Waals surface area contributed by atoms with Gasteiger partial charge >= 0.3 is 0 Å². The number of aryl methyl sites for hydroxylation is 1. The predicted molar refractivity (Wildman–Crippen MR) is 102 cm³/mol. The van der Waals surface area contributed by atoms with E-state index in [2.05, 4.69) is 9.62 Å². The van der Waals surface area contributed by atoms with Crippen LogP contribution in [0.5, 0.6) is 5.75 Å². The minimum Gasteiger partial charge on any atom is -0.495 e. The lowest BCUT2D eigenvalue weighted by Gasteiger charge is -2.28. The van der Waals surface area contributed by atoms with E-state index in [1.54, 1.807) is 12.1 Å². The van der Waals surface area contributed by atoms with E-state index in [-0.39, 0.29) is 23.2 Å². The first kappa shape index (κ1) is 19.2. The molecule has 2 aromatic rings. The third kappa shape index (κ3) is 4.06. The van der Waals surface area contributed by atoms with Gasteiger partial charge in [0.25, 0.3) is 0 Å². The molecule has 1 atom stereocenters. The van der Waals surface area contributed by atoms with Gasteiger partial charge in [0.2, 0.25) is 10.0 Å². The fourth-order valence-electron chi connectivity index (χ4n) is 3.42. The van der Waals surface area contributed by atoms with Gasteiger partial charge in [-0.3, -0.25) is 4.90 Å². The number of sulfonamides is 1. The molecule has 3 rings (SSSR count). The number of aromatic nitrogens is 1. The Hall–Kier alpha value is -1.54. The molecule has 142 valence electrons. The van der Waals surface area contributed by atoms with Crippen LogP contribution in [0.4, 0.5) is 0 Å².